The molecule has 0 spiro atoms. The Hall–Kier alpha value is -2.21. The van der Waals surface area contributed by atoms with Crippen LogP contribution in [0.2, 0.25) is 0 Å². The zero-order chi connectivity index (χ0) is 17.5. The molecular formula is C19H25N3O2S. The number of hydrogen-bond donors (Lipinski definition) is 2. The molecule has 1 aromatic heterocycles. The summed E-state index contributed by atoms with van der Waals surface area (Å²) in [6, 6.07) is 8.27. The van der Waals surface area contributed by atoms with E-state index in [0.717, 1.165) is 43.5 Å². The van der Waals surface area contributed by atoms with Crippen molar-refractivity contribution in [3.63, 3.8) is 0 Å². The molecule has 134 valence electrons. The van der Waals surface area contributed by atoms with E-state index in [1.807, 2.05) is 12.1 Å². The molecule has 0 aliphatic carbocycles. The zero-order valence-electron chi connectivity index (χ0n) is 14.7. The number of hydrogen-bond acceptors (Lipinski definition) is 4. The highest BCUT2D eigenvalue weighted by molar-refractivity contribution is 7.07. The van der Waals surface area contributed by atoms with Crippen LogP contribution in [0.5, 0.6) is 11.5 Å². The Morgan fingerprint density at radius 3 is 2.92 bits per heavy atom. The molecule has 2 heterocycles. The van der Waals surface area contributed by atoms with Crippen molar-refractivity contribution >= 4 is 17.3 Å². The van der Waals surface area contributed by atoms with Gasteiger partial charge in [0.2, 0.25) is 6.79 Å². The summed E-state index contributed by atoms with van der Waals surface area (Å²) in [6.07, 6.45) is 0.904. The topological polar surface area (TPSA) is 54.9 Å². The van der Waals surface area contributed by atoms with Crippen LogP contribution >= 0.6 is 11.3 Å². The number of nitrogens with one attached hydrogen (secondary N) is 2. The number of ether oxygens (including phenoxy) is 2. The third kappa shape index (κ3) is 4.89. The van der Waals surface area contributed by atoms with Gasteiger partial charge in [-0.25, -0.2) is 0 Å². The van der Waals surface area contributed by atoms with Crippen LogP contribution in [0.25, 0.3) is 0 Å². The summed E-state index contributed by atoms with van der Waals surface area (Å²) >= 11 is 1.73. The Labute approximate surface area is 153 Å². The molecule has 0 radical (unpaired) electrons. The predicted octanol–water partition coefficient (Wildman–Crippen LogP) is 3.38. The van der Waals surface area contributed by atoms with Gasteiger partial charge < -0.3 is 20.1 Å². The molecule has 0 fully saturated rings. The molecule has 1 atom stereocenters. The lowest BCUT2D eigenvalue weighted by Gasteiger charge is -2.13. The predicted molar refractivity (Wildman–Crippen MR) is 103 cm³/mol. The van der Waals surface area contributed by atoms with Crippen molar-refractivity contribution in [1.29, 1.82) is 0 Å². The molecule has 25 heavy (non-hydrogen) atoms. The maximum atomic E-state index is 5.43. The van der Waals surface area contributed by atoms with Crippen molar-refractivity contribution in [3.05, 3.63) is 46.2 Å². The van der Waals surface area contributed by atoms with Crippen LogP contribution in [0.4, 0.5) is 0 Å². The number of rotatable bonds is 7. The largest absolute Gasteiger partial charge is 0.454 e. The van der Waals surface area contributed by atoms with Crippen LogP contribution in [0.1, 0.15) is 30.9 Å². The second kappa shape index (κ2) is 8.76. The first-order valence-corrected chi connectivity index (χ1v) is 9.63. The third-order valence-electron chi connectivity index (χ3n) is 4.12. The summed E-state index contributed by atoms with van der Waals surface area (Å²) in [4.78, 5) is 4.71. The van der Waals surface area contributed by atoms with Crippen molar-refractivity contribution < 1.29 is 9.47 Å². The molecule has 1 aromatic carbocycles. The third-order valence-corrected chi connectivity index (χ3v) is 4.82. The number of guanidine groups is 1. The van der Waals surface area contributed by atoms with Crippen LogP contribution in [0.3, 0.4) is 0 Å². The molecule has 0 amide bonds. The lowest BCUT2D eigenvalue weighted by molar-refractivity contribution is 0.174. The quantitative estimate of drug-likeness (QED) is 0.588. The van der Waals surface area contributed by atoms with E-state index in [1.54, 1.807) is 11.3 Å². The minimum atomic E-state index is 0.316. The molecular weight excluding hydrogens is 334 g/mol. The lowest BCUT2D eigenvalue weighted by Crippen LogP contribution is -2.38. The number of thiophene rings is 1. The fraction of sp³-hybridized carbons (Fsp3) is 0.421. The number of benzene rings is 1. The van der Waals surface area contributed by atoms with E-state index >= 15 is 0 Å². The highest BCUT2D eigenvalue weighted by atomic mass is 32.1. The van der Waals surface area contributed by atoms with Crippen molar-refractivity contribution in [3.8, 4) is 11.5 Å². The molecule has 1 aliphatic heterocycles. The molecule has 1 unspecified atom stereocenters. The van der Waals surface area contributed by atoms with E-state index in [2.05, 4.69) is 47.4 Å². The van der Waals surface area contributed by atoms with E-state index < -0.39 is 0 Å². The Morgan fingerprint density at radius 1 is 1.24 bits per heavy atom. The van der Waals surface area contributed by atoms with E-state index in [-0.39, 0.29) is 0 Å². The second-order valence-corrected chi connectivity index (χ2v) is 6.82. The fourth-order valence-electron chi connectivity index (χ4n) is 2.65. The van der Waals surface area contributed by atoms with Crippen LogP contribution < -0.4 is 20.1 Å². The first-order valence-electron chi connectivity index (χ1n) is 8.69. The van der Waals surface area contributed by atoms with E-state index in [0.29, 0.717) is 12.7 Å². The molecule has 0 saturated carbocycles. The van der Waals surface area contributed by atoms with Crippen molar-refractivity contribution in [2.24, 2.45) is 4.99 Å². The van der Waals surface area contributed by atoms with Crippen molar-refractivity contribution in [2.45, 2.75) is 26.2 Å². The minimum Gasteiger partial charge on any atom is -0.454 e. The summed E-state index contributed by atoms with van der Waals surface area (Å²) in [5.74, 6) is 2.96. The van der Waals surface area contributed by atoms with Gasteiger partial charge in [-0.1, -0.05) is 13.0 Å². The lowest BCUT2D eigenvalue weighted by atomic mass is 10.1. The summed E-state index contributed by atoms with van der Waals surface area (Å²) in [5.41, 5.74) is 2.57. The maximum Gasteiger partial charge on any atom is 0.231 e. The molecule has 2 N–H and O–H groups in total. The monoisotopic (exact) mass is 359 g/mol. The first kappa shape index (κ1) is 17.6. The molecule has 0 bridgehead atoms. The summed E-state index contributed by atoms with van der Waals surface area (Å²) in [7, 11) is 0. The van der Waals surface area contributed by atoms with Gasteiger partial charge in [-0.2, -0.15) is 11.3 Å². The van der Waals surface area contributed by atoms with Gasteiger partial charge in [-0.15, -0.1) is 0 Å². The van der Waals surface area contributed by atoms with Crippen molar-refractivity contribution in [1.82, 2.24) is 10.6 Å². The standard InChI is InChI=1S/C19H25N3O2S/c1-3-20-19(22-11-14(2)16-7-9-25-12-16)21-8-6-15-4-5-17-18(10-15)24-13-23-17/h4-5,7,9-10,12,14H,3,6,8,11,13H2,1-2H3,(H2,20,21,22). The summed E-state index contributed by atoms with van der Waals surface area (Å²) < 4.78 is 10.8. The van der Waals surface area contributed by atoms with Crippen LogP contribution in [-0.2, 0) is 6.42 Å². The molecule has 0 saturated heterocycles. The van der Waals surface area contributed by atoms with Gasteiger partial charge in [-0.05, 0) is 53.4 Å². The van der Waals surface area contributed by atoms with Crippen molar-refractivity contribution in [2.75, 3.05) is 26.4 Å². The molecule has 5 nitrogen and oxygen atoms in total. The number of fused-ring (bicyclic) bond motifs is 1. The summed E-state index contributed by atoms with van der Waals surface area (Å²) in [6.45, 7) is 7.05. The first-order chi connectivity index (χ1) is 12.3. The molecule has 3 rings (SSSR count). The average Bonchev–Trinajstić information content (AvgIpc) is 3.30. The highest BCUT2D eigenvalue weighted by Crippen LogP contribution is 2.32. The Bertz CT molecular complexity index is 701. The smallest absolute Gasteiger partial charge is 0.231 e. The molecule has 2 aromatic rings. The van der Waals surface area contributed by atoms with E-state index in [9.17, 15) is 0 Å². The van der Waals surface area contributed by atoms with Gasteiger partial charge in [0, 0.05) is 25.6 Å². The average molecular weight is 359 g/mol. The van der Waals surface area contributed by atoms with Crippen LogP contribution in [-0.4, -0.2) is 32.4 Å². The second-order valence-electron chi connectivity index (χ2n) is 6.04. The van der Waals surface area contributed by atoms with E-state index in [4.69, 9.17) is 14.5 Å². The Balaban J connectivity index is 1.50. The number of nitrogens with zero attached hydrogens (tertiary/aromatic N) is 1. The van der Waals surface area contributed by atoms with Gasteiger partial charge in [0.15, 0.2) is 17.5 Å². The van der Waals surface area contributed by atoms with E-state index in [1.165, 1.54) is 11.1 Å². The van der Waals surface area contributed by atoms with Gasteiger partial charge in [-0.3, -0.25) is 4.99 Å². The number of aliphatic imine (C=N–C) groups is 1. The van der Waals surface area contributed by atoms with Crippen LogP contribution in [0.15, 0.2) is 40.0 Å². The molecule has 6 heteroatoms. The SMILES string of the molecule is CCNC(=NCC(C)c1ccsc1)NCCc1ccc2c(c1)OCO2. The van der Waals surface area contributed by atoms with Gasteiger partial charge in [0.1, 0.15) is 0 Å². The van der Waals surface area contributed by atoms with Gasteiger partial charge >= 0.3 is 0 Å². The zero-order valence-corrected chi connectivity index (χ0v) is 15.6. The van der Waals surface area contributed by atoms with Crippen LogP contribution in [0, 0.1) is 0 Å². The van der Waals surface area contributed by atoms with Gasteiger partial charge in [0.05, 0.1) is 0 Å². The minimum absolute atomic E-state index is 0.316. The van der Waals surface area contributed by atoms with Gasteiger partial charge in [0.25, 0.3) is 0 Å². The fourth-order valence-corrected chi connectivity index (χ4v) is 3.43. The normalized spacial score (nSPS) is 14.4. The Morgan fingerprint density at radius 2 is 2.12 bits per heavy atom. The molecule has 1 aliphatic rings. The maximum absolute atomic E-state index is 5.43. The highest BCUT2D eigenvalue weighted by Gasteiger charge is 2.13. The summed E-state index contributed by atoms with van der Waals surface area (Å²) in [5, 5.41) is 11.0. The Kier molecular flexibility index (Phi) is 6.17.